The van der Waals surface area contributed by atoms with Crippen LogP contribution in [-0.2, 0) is 33.4 Å². The molecule has 23 heavy (non-hydrogen) atoms. The molecule has 2 N–H and O–H groups in total. The Labute approximate surface area is 152 Å². The molecule has 0 aromatic carbocycles. The van der Waals surface area contributed by atoms with Gasteiger partial charge in [0.1, 0.15) is 12.7 Å². The lowest BCUT2D eigenvalue weighted by atomic mass is 9.99. The van der Waals surface area contributed by atoms with Crippen molar-refractivity contribution in [2.45, 2.75) is 41.6 Å². The monoisotopic (exact) mass is 483 g/mol. The van der Waals surface area contributed by atoms with Gasteiger partial charge in [-0.2, -0.15) is 8.42 Å². The Hall–Kier alpha value is 0.300. The normalized spacial score (nSPS) is 36.5. The molecule has 2 rings (SSSR count). The second-order valence-corrected chi connectivity index (χ2v) is 9.03. The van der Waals surface area contributed by atoms with Crippen LogP contribution in [0.4, 0.5) is 4.79 Å². The number of fused-ring (bicyclic) bond motifs is 1. The van der Waals surface area contributed by atoms with Crippen molar-refractivity contribution in [2.24, 2.45) is 5.14 Å². The number of hydrogen-bond acceptors (Lipinski definition) is 9. The molecular weight excluding hydrogens is 465 g/mol. The van der Waals surface area contributed by atoms with Crippen molar-refractivity contribution in [1.82, 2.24) is 0 Å². The van der Waals surface area contributed by atoms with E-state index in [9.17, 15) is 13.2 Å². The van der Waals surface area contributed by atoms with E-state index in [4.69, 9.17) is 24.1 Å². The molecule has 0 aromatic heterocycles. The molecule has 0 spiro atoms. The summed E-state index contributed by atoms with van der Waals surface area (Å²) in [5.74, 6) is -2.60. The van der Waals surface area contributed by atoms with E-state index in [0.29, 0.717) is 0 Å². The van der Waals surface area contributed by atoms with Gasteiger partial charge in [-0.1, -0.05) is 22.6 Å². The first kappa shape index (κ1) is 19.6. The van der Waals surface area contributed by atoms with Crippen LogP contribution in [0.1, 0.15) is 13.8 Å². The van der Waals surface area contributed by atoms with Crippen molar-refractivity contribution in [3.8, 4) is 0 Å². The van der Waals surface area contributed by atoms with Crippen molar-refractivity contribution in [1.29, 1.82) is 0 Å². The highest BCUT2D eigenvalue weighted by Gasteiger charge is 2.63. The van der Waals surface area contributed by atoms with Crippen LogP contribution < -0.4 is 5.14 Å². The number of thioether (sulfide) groups is 1. The predicted octanol–water partition coefficient (Wildman–Crippen LogP) is 0.756. The van der Waals surface area contributed by atoms with E-state index < -0.39 is 46.0 Å². The molecule has 4 atom stereocenters. The average molecular weight is 483 g/mol. The Morgan fingerprint density at radius 3 is 2.70 bits per heavy atom. The summed E-state index contributed by atoms with van der Waals surface area (Å²) in [5, 5.41) is 4.39. The van der Waals surface area contributed by atoms with Crippen molar-refractivity contribution in [2.75, 3.05) is 19.5 Å². The number of carbonyl (C=O) groups excluding carboxylic acids is 1. The minimum Gasteiger partial charge on any atom is -0.450 e. The summed E-state index contributed by atoms with van der Waals surface area (Å²) in [5.41, 5.74) is 0. The molecule has 2 aliphatic heterocycles. The third-order valence-corrected chi connectivity index (χ3v) is 5.17. The lowest BCUT2D eigenvalue weighted by Gasteiger charge is -2.41. The van der Waals surface area contributed by atoms with Crippen LogP contribution in [0.5, 0.6) is 0 Å². The van der Waals surface area contributed by atoms with Crippen LogP contribution >= 0.6 is 34.4 Å². The number of halogens is 1. The average Bonchev–Trinajstić information content (AvgIpc) is 2.71. The Morgan fingerprint density at radius 1 is 1.48 bits per heavy atom. The predicted molar refractivity (Wildman–Crippen MR) is 89.4 cm³/mol. The van der Waals surface area contributed by atoms with E-state index >= 15 is 0 Å². The number of rotatable bonds is 4. The Bertz CT molecular complexity index is 570. The van der Waals surface area contributed by atoms with Crippen LogP contribution in [0.2, 0.25) is 0 Å². The Kier molecular flexibility index (Phi) is 5.88. The standard InChI is InChI=1S/C11H18INO8S2/c1-10(2)20-8-7(19-9(14)22-3)6(12)4-17-11(8,21-10)5-18-23(13,15)16/h6-8H,4-5H2,1-3H3,(H2,13,15,16)/t6-,7+,8-,11-/m0/s1. The minimum absolute atomic E-state index is 0.163. The molecule has 0 aliphatic carbocycles. The highest BCUT2D eigenvalue weighted by atomic mass is 127. The van der Waals surface area contributed by atoms with Gasteiger partial charge < -0.3 is 18.9 Å². The maximum absolute atomic E-state index is 11.7. The van der Waals surface area contributed by atoms with Gasteiger partial charge in [0, 0.05) is 0 Å². The molecule has 9 nitrogen and oxygen atoms in total. The van der Waals surface area contributed by atoms with Crippen molar-refractivity contribution in [3.05, 3.63) is 0 Å². The first-order chi connectivity index (χ1) is 10.5. The van der Waals surface area contributed by atoms with Crippen LogP contribution in [0, 0.1) is 0 Å². The SMILES string of the molecule is CSC(=O)O[C@@H]1[C@@H](I)CO[C@@]2(COS(N)(=O)=O)OC(C)(C)O[C@@H]12. The number of ether oxygens (including phenoxy) is 4. The Morgan fingerprint density at radius 2 is 2.13 bits per heavy atom. The molecule has 2 heterocycles. The summed E-state index contributed by atoms with van der Waals surface area (Å²) >= 11 is 3.00. The zero-order valence-electron chi connectivity index (χ0n) is 12.7. The van der Waals surface area contributed by atoms with E-state index in [1.807, 2.05) is 0 Å². The summed E-state index contributed by atoms with van der Waals surface area (Å²) in [4.78, 5) is 11.7. The molecule has 2 aliphatic rings. The largest absolute Gasteiger partial charge is 0.450 e. The number of nitrogens with two attached hydrogens (primary N) is 1. The molecular formula is C11H18INO8S2. The third-order valence-electron chi connectivity index (χ3n) is 3.23. The quantitative estimate of drug-likeness (QED) is 0.351. The highest BCUT2D eigenvalue weighted by Crippen LogP contribution is 2.45. The fraction of sp³-hybridized carbons (Fsp3) is 0.909. The fourth-order valence-electron chi connectivity index (χ4n) is 2.44. The molecule has 2 saturated heterocycles. The molecule has 0 radical (unpaired) electrons. The lowest BCUT2D eigenvalue weighted by molar-refractivity contribution is -0.281. The zero-order valence-corrected chi connectivity index (χ0v) is 16.5. The summed E-state index contributed by atoms with van der Waals surface area (Å²) in [6.07, 6.45) is 0.0538. The van der Waals surface area contributed by atoms with Gasteiger partial charge in [-0.25, -0.2) is 9.93 Å². The molecule has 0 unspecified atom stereocenters. The molecule has 0 aromatic rings. The van der Waals surface area contributed by atoms with Crippen LogP contribution in [-0.4, -0.2) is 60.9 Å². The molecule has 0 saturated carbocycles. The molecule has 12 heteroatoms. The summed E-state index contributed by atoms with van der Waals surface area (Å²) in [6.45, 7) is 2.94. The van der Waals surface area contributed by atoms with Gasteiger partial charge in [0.25, 0.3) is 0 Å². The summed E-state index contributed by atoms with van der Waals surface area (Å²) in [7, 11) is -4.19. The molecule has 0 bridgehead atoms. The summed E-state index contributed by atoms with van der Waals surface area (Å²) < 4.78 is 49.3. The van der Waals surface area contributed by atoms with Gasteiger partial charge in [0.2, 0.25) is 5.79 Å². The maximum atomic E-state index is 11.7. The second-order valence-electron chi connectivity index (χ2n) is 5.47. The Balaban J connectivity index is 2.28. The lowest BCUT2D eigenvalue weighted by Crippen LogP contribution is -2.61. The van der Waals surface area contributed by atoms with Gasteiger partial charge in [0.15, 0.2) is 11.9 Å². The van der Waals surface area contributed by atoms with Gasteiger partial charge in [-0.05, 0) is 31.9 Å². The van der Waals surface area contributed by atoms with Crippen molar-refractivity contribution < 1.29 is 36.3 Å². The van der Waals surface area contributed by atoms with E-state index in [0.717, 1.165) is 11.8 Å². The topological polar surface area (TPSA) is 123 Å². The maximum Gasteiger partial charge on any atom is 0.367 e. The smallest absolute Gasteiger partial charge is 0.367 e. The number of hydrogen-bond donors (Lipinski definition) is 1. The number of carbonyl (C=O) groups is 1. The third kappa shape index (κ3) is 4.68. The van der Waals surface area contributed by atoms with Crippen molar-refractivity contribution >= 4 is 50.0 Å². The van der Waals surface area contributed by atoms with Gasteiger partial charge >= 0.3 is 15.6 Å². The van der Waals surface area contributed by atoms with E-state index in [2.05, 4.69) is 26.8 Å². The molecule has 0 amide bonds. The first-order valence-corrected chi connectivity index (χ1v) is 10.5. The minimum atomic E-state index is -4.19. The molecule has 134 valence electrons. The van der Waals surface area contributed by atoms with Crippen LogP contribution in [0.3, 0.4) is 0 Å². The molecule has 2 fully saturated rings. The highest BCUT2D eigenvalue weighted by molar-refractivity contribution is 14.1. The van der Waals surface area contributed by atoms with Gasteiger partial charge in [-0.15, -0.1) is 0 Å². The van der Waals surface area contributed by atoms with E-state index in [1.165, 1.54) is 0 Å². The summed E-state index contributed by atoms with van der Waals surface area (Å²) in [6, 6.07) is 0. The van der Waals surface area contributed by atoms with E-state index in [-0.39, 0.29) is 10.5 Å². The van der Waals surface area contributed by atoms with Crippen LogP contribution in [0.15, 0.2) is 0 Å². The van der Waals surface area contributed by atoms with E-state index in [1.54, 1.807) is 20.1 Å². The second kappa shape index (κ2) is 6.90. The fourth-order valence-corrected chi connectivity index (χ4v) is 3.68. The van der Waals surface area contributed by atoms with Gasteiger partial charge in [0.05, 0.1) is 10.5 Å². The zero-order chi connectivity index (χ0) is 17.5. The van der Waals surface area contributed by atoms with Crippen molar-refractivity contribution in [3.63, 3.8) is 0 Å². The van der Waals surface area contributed by atoms with Gasteiger partial charge in [-0.3, -0.25) is 4.18 Å². The van der Waals surface area contributed by atoms with Crippen LogP contribution in [0.25, 0.3) is 0 Å². The number of alkyl halides is 1. The first-order valence-electron chi connectivity index (χ1n) is 6.56.